The van der Waals surface area contributed by atoms with E-state index in [0.29, 0.717) is 0 Å². The maximum Gasteiger partial charge on any atom is 0.127 e. The Bertz CT molecular complexity index is 459. The van der Waals surface area contributed by atoms with Gasteiger partial charge in [-0.2, -0.15) is 5.26 Å². The molecule has 2 rings (SSSR count). The third-order valence-corrected chi connectivity index (χ3v) is 3.82. The highest BCUT2D eigenvalue weighted by Crippen LogP contribution is 2.28. The van der Waals surface area contributed by atoms with Crippen molar-refractivity contribution in [3.63, 3.8) is 0 Å². The number of nitrogens with one attached hydrogen (secondary N) is 1. The minimum absolute atomic E-state index is 0.446. The normalized spacial score (nSPS) is 18.6. The third kappa shape index (κ3) is 3.18. The summed E-state index contributed by atoms with van der Waals surface area (Å²) in [7, 11) is 1.65. The van der Waals surface area contributed by atoms with E-state index >= 15 is 0 Å². The summed E-state index contributed by atoms with van der Waals surface area (Å²) in [5, 5.41) is 12.9. The summed E-state index contributed by atoms with van der Waals surface area (Å²) in [6, 6.07) is 10.2. The van der Waals surface area contributed by atoms with E-state index < -0.39 is 5.54 Å². The summed E-state index contributed by atoms with van der Waals surface area (Å²) in [6.07, 6.45) is 1.71. The summed E-state index contributed by atoms with van der Waals surface area (Å²) < 4.78 is 5.21. The zero-order valence-electron chi connectivity index (χ0n) is 11.6. The highest BCUT2D eigenvalue weighted by Gasteiger charge is 2.34. The van der Waals surface area contributed by atoms with Gasteiger partial charge in [0.25, 0.3) is 0 Å². The molecule has 102 valence electrons. The van der Waals surface area contributed by atoms with E-state index in [4.69, 9.17) is 4.74 Å². The van der Waals surface area contributed by atoms with Crippen LogP contribution in [0, 0.1) is 11.3 Å². The van der Waals surface area contributed by atoms with Crippen LogP contribution in [-0.2, 0) is 0 Å². The van der Waals surface area contributed by atoms with Crippen molar-refractivity contribution in [1.29, 1.82) is 5.26 Å². The fourth-order valence-electron chi connectivity index (χ4n) is 2.49. The molecule has 1 heterocycles. The van der Waals surface area contributed by atoms with Crippen LogP contribution in [0.4, 0.5) is 5.69 Å². The predicted octanol–water partition coefficient (Wildman–Crippen LogP) is 2.49. The molecule has 0 aromatic heterocycles. The molecular formula is C15H21N3O. The number of rotatable bonds is 4. The molecule has 0 atom stereocenters. The Labute approximate surface area is 115 Å². The molecule has 0 aliphatic carbocycles. The quantitative estimate of drug-likeness (QED) is 0.902. The van der Waals surface area contributed by atoms with Gasteiger partial charge in [0.2, 0.25) is 0 Å². The van der Waals surface area contributed by atoms with Crippen LogP contribution in [-0.4, -0.2) is 37.2 Å². The zero-order valence-corrected chi connectivity index (χ0v) is 11.6. The maximum atomic E-state index is 9.53. The number of nitrogens with zero attached hydrogens (tertiary/aromatic N) is 2. The molecule has 0 radical (unpaired) electrons. The smallest absolute Gasteiger partial charge is 0.127 e. The Balaban J connectivity index is 2.09. The summed E-state index contributed by atoms with van der Waals surface area (Å²) >= 11 is 0. The lowest BCUT2D eigenvalue weighted by Crippen LogP contribution is -2.48. The molecule has 19 heavy (non-hydrogen) atoms. The van der Waals surface area contributed by atoms with Crippen molar-refractivity contribution in [3.8, 4) is 11.8 Å². The van der Waals surface area contributed by atoms with Gasteiger partial charge in [-0.1, -0.05) is 13.0 Å². The van der Waals surface area contributed by atoms with Gasteiger partial charge < -0.3 is 15.0 Å². The van der Waals surface area contributed by atoms with Crippen LogP contribution in [0.5, 0.6) is 5.75 Å². The van der Waals surface area contributed by atoms with E-state index in [9.17, 15) is 5.26 Å². The van der Waals surface area contributed by atoms with Crippen LogP contribution in [0.3, 0.4) is 0 Å². The van der Waals surface area contributed by atoms with Crippen molar-refractivity contribution < 1.29 is 4.74 Å². The molecule has 1 saturated heterocycles. The van der Waals surface area contributed by atoms with E-state index in [2.05, 4.69) is 23.2 Å². The number of methoxy groups -OCH3 is 1. The van der Waals surface area contributed by atoms with Gasteiger partial charge in [-0.15, -0.1) is 0 Å². The standard InChI is InChI=1S/C15H21N3O/c1-3-18-9-7-15(12-16,8-10-18)17-13-5-4-6-14(11-13)19-2/h4-6,11,17H,3,7-10H2,1-2H3. The first-order chi connectivity index (χ1) is 9.21. The van der Waals surface area contributed by atoms with Gasteiger partial charge in [0.05, 0.1) is 13.2 Å². The molecule has 1 N–H and O–H groups in total. The molecule has 1 fully saturated rings. The molecule has 4 nitrogen and oxygen atoms in total. The lowest BCUT2D eigenvalue weighted by Gasteiger charge is -2.38. The van der Waals surface area contributed by atoms with Crippen LogP contribution in [0.15, 0.2) is 24.3 Å². The summed E-state index contributed by atoms with van der Waals surface area (Å²) in [6.45, 7) is 5.16. The van der Waals surface area contributed by atoms with E-state index in [0.717, 1.165) is 43.9 Å². The number of hydrogen-bond donors (Lipinski definition) is 1. The topological polar surface area (TPSA) is 48.3 Å². The molecule has 1 aliphatic heterocycles. The highest BCUT2D eigenvalue weighted by molar-refractivity contribution is 5.51. The number of piperidine rings is 1. The van der Waals surface area contributed by atoms with E-state index in [-0.39, 0.29) is 0 Å². The minimum Gasteiger partial charge on any atom is -0.497 e. The average Bonchev–Trinajstić information content (AvgIpc) is 2.48. The van der Waals surface area contributed by atoms with Crippen molar-refractivity contribution in [2.24, 2.45) is 0 Å². The molecule has 0 spiro atoms. The zero-order chi connectivity index (χ0) is 13.7. The lowest BCUT2D eigenvalue weighted by atomic mass is 9.88. The number of ether oxygens (including phenoxy) is 1. The van der Waals surface area contributed by atoms with Crippen LogP contribution >= 0.6 is 0 Å². The molecule has 0 bridgehead atoms. The van der Waals surface area contributed by atoms with Gasteiger partial charge in [-0.3, -0.25) is 0 Å². The second-order valence-electron chi connectivity index (χ2n) is 4.99. The predicted molar refractivity (Wildman–Crippen MR) is 76.3 cm³/mol. The molecule has 0 saturated carbocycles. The van der Waals surface area contributed by atoms with E-state index in [1.807, 2.05) is 24.3 Å². The Kier molecular flexibility index (Phi) is 4.28. The second-order valence-corrected chi connectivity index (χ2v) is 4.99. The van der Waals surface area contributed by atoms with Crippen LogP contribution in [0.25, 0.3) is 0 Å². The Morgan fingerprint density at radius 2 is 2.16 bits per heavy atom. The van der Waals surface area contributed by atoms with Crippen molar-refractivity contribution in [2.45, 2.75) is 25.3 Å². The van der Waals surface area contributed by atoms with E-state index in [1.54, 1.807) is 7.11 Å². The van der Waals surface area contributed by atoms with Crippen LogP contribution < -0.4 is 10.1 Å². The van der Waals surface area contributed by atoms with Crippen LogP contribution in [0.2, 0.25) is 0 Å². The summed E-state index contributed by atoms with van der Waals surface area (Å²) in [5.74, 6) is 0.809. The Morgan fingerprint density at radius 1 is 1.42 bits per heavy atom. The van der Waals surface area contributed by atoms with Gasteiger partial charge >= 0.3 is 0 Å². The fraction of sp³-hybridized carbons (Fsp3) is 0.533. The average molecular weight is 259 g/mol. The van der Waals surface area contributed by atoms with E-state index in [1.165, 1.54) is 0 Å². The first-order valence-corrected chi connectivity index (χ1v) is 6.77. The Hall–Kier alpha value is -1.73. The second kappa shape index (κ2) is 5.94. The van der Waals surface area contributed by atoms with Crippen molar-refractivity contribution in [3.05, 3.63) is 24.3 Å². The van der Waals surface area contributed by atoms with Crippen molar-refractivity contribution in [2.75, 3.05) is 32.1 Å². The number of nitriles is 1. The molecule has 0 amide bonds. The summed E-state index contributed by atoms with van der Waals surface area (Å²) in [4.78, 5) is 2.38. The Morgan fingerprint density at radius 3 is 2.74 bits per heavy atom. The fourth-order valence-corrected chi connectivity index (χ4v) is 2.49. The third-order valence-electron chi connectivity index (χ3n) is 3.82. The summed E-state index contributed by atoms with van der Waals surface area (Å²) in [5.41, 5.74) is 0.503. The van der Waals surface area contributed by atoms with Gasteiger partial charge in [-0.25, -0.2) is 0 Å². The maximum absolute atomic E-state index is 9.53. The first kappa shape index (κ1) is 13.7. The van der Waals surface area contributed by atoms with Gasteiger partial charge in [0.15, 0.2) is 0 Å². The number of likely N-dealkylation sites (tertiary alicyclic amines) is 1. The molecule has 0 unspecified atom stereocenters. The molecule has 1 aromatic carbocycles. The molecule has 1 aromatic rings. The molecular weight excluding hydrogens is 238 g/mol. The van der Waals surface area contributed by atoms with Gasteiger partial charge in [0.1, 0.15) is 11.3 Å². The largest absolute Gasteiger partial charge is 0.497 e. The number of anilines is 1. The number of benzene rings is 1. The first-order valence-electron chi connectivity index (χ1n) is 6.77. The lowest BCUT2D eigenvalue weighted by molar-refractivity contribution is 0.206. The monoisotopic (exact) mass is 259 g/mol. The van der Waals surface area contributed by atoms with Crippen molar-refractivity contribution in [1.82, 2.24) is 4.90 Å². The van der Waals surface area contributed by atoms with Crippen LogP contribution in [0.1, 0.15) is 19.8 Å². The molecule has 1 aliphatic rings. The van der Waals surface area contributed by atoms with Gasteiger partial charge in [-0.05, 0) is 31.5 Å². The number of hydrogen-bond acceptors (Lipinski definition) is 4. The minimum atomic E-state index is -0.446. The molecule has 4 heteroatoms. The highest BCUT2D eigenvalue weighted by atomic mass is 16.5. The van der Waals surface area contributed by atoms with Gasteiger partial charge in [0, 0.05) is 24.8 Å². The van der Waals surface area contributed by atoms with Crippen molar-refractivity contribution >= 4 is 5.69 Å². The SMILES string of the molecule is CCN1CCC(C#N)(Nc2cccc(OC)c2)CC1.